The van der Waals surface area contributed by atoms with E-state index in [1.165, 1.54) is 5.56 Å². The zero-order chi connectivity index (χ0) is 9.84. The Hall–Kier alpha value is 0.0934. The van der Waals surface area contributed by atoms with Crippen LogP contribution in [-0.2, 0) is 13.5 Å². The van der Waals surface area contributed by atoms with E-state index in [-0.39, 0.29) is 0 Å². The normalized spacial score (nSPS) is 10.9. The van der Waals surface area contributed by atoms with Crippen molar-refractivity contribution in [3.63, 3.8) is 0 Å². The fourth-order valence-corrected chi connectivity index (χ4v) is 2.80. The van der Waals surface area contributed by atoms with Gasteiger partial charge in [0.25, 0.3) is 0 Å². The van der Waals surface area contributed by atoms with Crippen molar-refractivity contribution in [2.75, 3.05) is 7.11 Å². The average Bonchev–Trinajstić information content (AvgIpc) is 2.03. The summed E-state index contributed by atoms with van der Waals surface area (Å²) >= 11 is -1.76. The molecule has 13 heavy (non-hydrogen) atoms. The van der Waals surface area contributed by atoms with E-state index in [4.69, 9.17) is 24.1 Å². The van der Waals surface area contributed by atoms with Gasteiger partial charge < -0.3 is 0 Å². The van der Waals surface area contributed by atoms with Crippen molar-refractivity contribution in [2.45, 2.75) is 6.92 Å². The summed E-state index contributed by atoms with van der Waals surface area (Å²) in [5.41, 5.74) is 2.17. The van der Waals surface area contributed by atoms with E-state index in [1.807, 2.05) is 29.7 Å². The van der Waals surface area contributed by atoms with Gasteiger partial charge in [-0.3, -0.25) is 0 Å². The number of hydrogen-bond donors (Lipinski definition) is 0. The van der Waals surface area contributed by atoms with Gasteiger partial charge in [-0.2, -0.15) is 0 Å². The predicted molar refractivity (Wildman–Crippen MR) is 54.6 cm³/mol. The Morgan fingerprint density at radius 3 is 2.62 bits per heavy atom. The second kappa shape index (κ2) is 5.09. The van der Waals surface area contributed by atoms with E-state index in [0.29, 0.717) is 0 Å². The fourth-order valence-electron chi connectivity index (χ4n) is 1.02. The quantitative estimate of drug-likeness (QED) is 0.763. The molecule has 4 heteroatoms. The predicted octanol–water partition coefficient (Wildman–Crippen LogP) is 3.08. The van der Waals surface area contributed by atoms with Gasteiger partial charge in [0.05, 0.1) is 0 Å². The molecule has 1 nitrogen and oxygen atoms in total. The van der Waals surface area contributed by atoms with Gasteiger partial charge in [-0.1, -0.05) is 0 Å². The first-order valence-corrected chi connectivity index (χ1v) is 9.09. The fraction of sp³-hybridized carbons (Fsp3) is 0.222. The Morgan fingerprint density at radius 1 is 1.38 bits per heavy atom. The Labute approximate surface area is 91.1 Å². The Kier molecular flexibility index (Phi) is 4.38. The molecule has 0 unspecified atom stereocenters. The molecule has 1 rings (SSSR count). The van der Waals surface area contributed by atoms with Crippen molar-refractivity contribution >= 4 is 24.0 Å². The average molecular weight is 306 g/mol. The van der Waals surface area contributed by atoms with E-state index in [0.717, 1.165) is 11.3 Å². The summed E-state index contributed by atoms with van der Waals surface area (Å²) in [5.74, 6) is 0.825. The molecule has 0 aromatic heterocycles. The number of halogens is 2. The van der Waals surface area contributed by atoms with Gasteiger partial charge in [0.15, 0.2) is 0 Å². The van der Waals surface area contributed by atoms with E-state index >= 15 is 0 Å². The van der Waals surface area contributed by atoms with Crippen molar-refractivity contribution in [3.8, 4) is 5.75 Å². The van der Waals surface area contributed by atoms with Crippen molar-refractivity contribution in [1.82, 2.24) is 0 Å². The van der Waals surface area contributed by atoms with Crippen LogP contribution in [0.1, 0.15) is 11.1 Å². The van der Waals surface area contributed by atoms with Crippen LogP contribution >= 0.6 is 19.4 Å². The molecule has 0 N–H and O–H groups in total. The number of hydrogen-bond acceptors (Lipinski definition) is 1. The second-order valence-electron chi connectivity index (χ2n) is 2.55. The van der Waals surface area contributed by atoms with Crippen molar-refractivity contribution in [3.05, 3.63) is 29.3 Å². The van der Waals surface area contributed by atoms with Gasteiger partial charge >= 0.3 is 91.4 Å². The van der Waals surface area contributed by atoms with Crippen LogP contribution in [0.15, 0.2) is 18.2 Å². The van der Waals surface area contributed by atoms with E-state index < -0.39 is 13.5 Å². The molecule has 1 aromatic carbocycles. The SMILES string of the molecule is COc1ccc(C)cc1[CH]=[Ru]([Cl])[Cl]. The summed E-state index contributed by atoms with van der Waals surface area (Å²) in [6.07, 6.45) is 0. The molecule has 0 aliphatic rings. The molecule has 0 heterocycles. The summed E-state index contributed by atoms with van der Waals surface area (Å²) in [6, 6.07) is 5.94. The van der Waals surface area contributed by atoms with Crippen LogP contribution in [0.4, 0.5) is 0 Å². The van der Waals surface area contributed by atoms with Crippen molar-refractivity contribution in [1.29, 1.82) is 0 Å². The summed E-state index contributed by atoms with van der Waals surface area (Å²) in [7, 11) is 13.2. The molecule has 0 amide bonds. The zero-order valence-corrected chi connectivity index (χ0v) is 10.6. The summed E-state index contributed by atoms with van der Waals surface area (Å²) in [4.78, 5) is 0. The molecule has 0 spiro atoms. The van der Waals surface area contributed by atoms with Crippen LogP contribution in [0.25, 0.3) is 0 Å². The molecule has 0 atom stereocenters. The van der Waals surface area contributed by atoms with E-state index in [9.17, 15) is 0 Å². The molecule has 0 radical (unpaired) electrons. The number of ether oxygens (including phenoxy) is 1. The molecule has 1 aromatic rings. The molecule has 0 aliphatic carbocycles. The van der Waals surface area contributed by atoms with Crippen LogP contribution in [-0.4, -0.2) is 11.7 Å². The molecular weight excluding hydrogens is 296 g/mol. The topological polar surface area (TPSA) is 9.23 Å². The summed E-state index contributed by atoms with van der Waals surface area (Å²) < 4.78 is 7.06. The molecule has 0 bridgehead atoms. The van der Waals surface area contributed by atoms with Gasteiger partial charge in [0.1, 0.15) is 0 Å². The number of benzene rings is 1. The standard InChI is InChI=1S/C9H10O.2ClH.Ru/c1-7-4-5-9(10-3)8(2)6-7;;;/h2,4-6H,1,3H3;2*1H;/q;;;+2/p-2. The van der Waals surface area contributed by atoms with Crippen LogP contribution in [0.5, 0.6) is 5.75 Å². The van der Waals surface area contributed by atoms with Gasteiger partial charge in [-0.15, -0.1) is 0 Å². The van der Waals surface area contributed by atoms with E-state index in [1.54, 1.807) is 7.11 Å². The first kappa shape index (κ1) is 11.2. The third kappa shape index (κ3) is 3.38. The molecular formula is C9H10Cl2ORu. The summed E-state index contributed by atoms with van der Waals surface area (Å²) in [6.45, 7) is 2.02. The maximum atomic E-state index is 5.79. The molecule has 74 valence electrons. The van der Waals surface area contributed by atoms with Gasteiger partial charge in [-0.25, -0.2) is 0 Å². The minimum absolute atomic E-state index is 0.825. The van der Waals surface area contributed by atoms with Crippen LogP contribution in [0.2, 0.25) is 0 Å². The van der Waals surface area contributed by atoms with Crippen LogP contribution in [0, 0.1) is 6.92 Å². The monoisotopic (exact) mass is 306 g/mol. The van der Waals surface area contributed by atoms with Crippen molar-refractivity contribution in [2.24, 2.45) is 0 Å². The molecule has 0 saturated carbocycles. The van der Waals surface area contributed by atoms with Crippen LogP contribution < -0.4 is 4.74 Å². The summed E-state index contributed by atoms with van der Waals surface area (Å²) in [5, 5.41) is 0. The third-order valence-electron chi connectivity index (χ3n) is 1.57. The first-order valence-electron chi connectivity index (χ1n) is 3.61. The third-order valence-corrected chi connectivity index (χ3v) is 3.41. The molecule has 0 aliphatic heterocycles. The maximum absolute atomic E-state index is 5.79. The Morgan fingerprint density at radius 2 is 2.08 bits per heavy atom. The van der Waals surface area contributed by atoms with E-state index in [2.05, 4.69) is 0 Å². The van der Waals surface area contributed by atoms with Crippen molar-refractivity contribution < 1.29 is 18.3 Å². The minimum atomic E-state index is -1.76. The number of methoxy groups -OCH3 is 1. The molecule has 0 fully saturated rings. The molecule has 0 saturated heterocycles. The van der Waals surface area contributed by atoms with Gasteiger partial charge in [-0.05, 0) is 0 Å². The Bertz CT molecular complexity index is 332. The van der Waals surface area contributed by atoms with Crippen LogP contribution in [0.3, 0.4) is 0 Å². The number of rotatable bonds is 2. The zero-order valence-electron chi connectivity index (χ0n) is 7.33. The number of aryl methyl sites for hydroxylation is 1. The second-order valence-corrected chi connectivity index (χ2v) is 8.28. The van der Waals surface area contributed by atoms with Gasteiger partial charge in [0, 0.05) is 0 Å². The first-order chi connectivity index (χ1) is 6.13. The Balaban J connectivity index is 3.16. The van der Waals surface area contributed by atoms with Gasteiger partial charge in [0.2, 0.25) is 0 Å².